The zero-order valence-corrected chi connectivity index (χ0v) is 11.3. The van der Waals surface area contributed by atoms with Crippen molar-refractivity contribution in [3.63, 3.8) is 0 Å². The molecule has 2 rings (SSSR count). The number of anilines is 1. The molecule has 1 aromatic carbocycles. The second-order valence-electron chi connectivity index (χ2n) is 4.03. The molecule has 1 heterocycles. The number of benzene rings is 1. The van der Waals surface area contributed by atoms with Gasteiger partial charge in [-0.2, -0.15) is 4.80 Å². The lowest BCUT2D eigenvalue weighted by Crippen LogP contribution is -2.13. The predicted molar refractivity (Wildman–Crippen MR) is 72.1 cm³/mol. The van der Waals surface area contributed by atoms with Gasteiger partial charge in [-0.3, -0.25) is 10.1 Å². The lowest BCUT2D eigenvalue weighted by Gasteiger charge is -2.00. The van der Waals surface area contributed by atoms with E-state index in [0.717, 1.165) is 12.8 Å². The molecular weight excluding hydrogens is 266 g/mol. The number of hydrogen-bond acceptors (Lipinski definition) is 4. The van der Waals surface area contributed by atoms with Crippen LogP contribution in [0.3, 0.4) is 0 Å². The molecule has 1 aromatic heterocycles. The molecule has 0 unspecified atom stereocenters. The van der Waals surface area contributed by atoms with Crippen LogP contribution in [0.15, 0.2) is 24.3 Å². The number of nitrogens with zero attached hydrogens (tertiary/aromatic N) is 4. The summed E-state index contributed by atoms with van der Waals surface area (Å²) in [7, 11) is 0. The number of carbonyl (C=O) groups is 1. The van der Waals surface area contributed by atoms with Crippen molar-refractivity contribution in [1.82, 2.24) is 20.2 Å². The molecule has 0 radical (unpaired) electrons. The molecule has 0 saturated heterocycles. The number of carbonyl (C=O) groups excluding carboxylic acids is 1. The summed E-state index contributed by atoms with van der Waals surface area (Å²) < 4.78 is 0. The highest BCUT2D eigenvalue weighted by molar-refractivity contribution is 6.31. The molecule has 0 aliphatic carbocycles. The Balaban J connectivity index is 2.00. The van der Waals surface area contributed by atoms with Crippen LogP contribution in [0.2, 0.25) is 5.02 Å². The number of aryl methyl sites for hydroxylation is 1. The fourth-order valence-corrected chi connectivity index (χ4v) is 1.68. The van der Waals surface area contributed by atoms with Crippen LogP contribution < -0.4 is 5.32 Å². The van der Waals surface area contributed by atoms with E-state index in [-0.39, 0.29) is 11.9 Å². The van der Waals surface area contributed by atoms with Crippen LogP contribution in [0, 0.1) is 0 Å². The first kappa shape index (κ1) is 13.5. The minimum Gasteiger partial charge on any atom is -0.288 e. The first-order chi connectivity index (χ1) is 9.19. The standard InChI is InChI=1S/C12H14ClN5O/c1-2-3-7-18-16-12(15-17-18)14-11(19)9-5-4-6-10(13)8-9/h4-6,8H,2-3,7H2,1H3,(H,14,16,19). The van der Waals surface area contributed by atoms with E-state index >= 15 is 0 Å². The van der Waals surface area contributed by atoms with E-state index in [9.17, 15) is 4.79 Å². The zero-order chi connectivity index (χ0) is 13.7. The van der Waals surface area contributed by atoms with Crippen molar-refractivity contribution in [3.8, 4) is 0 Å². The van der Waals surface area contributed by atoms with Crippen LogP contribution in [0.25, 0.3) is 0 Å². The Morgan fingerprint density at radius 1 is 1.47 bits per heavy atom. The molecule has 1 amide bonds. The Hall–Kier alpha value is -1.95. The predicted octanol–water partition coefficient (Wildman–Crippen LogP) is 2.38. The molecule has 0 bridgehead atoms. The molecule has 0 aliphatic heterocycles. The second-order valence-corrected chi connectivity index (χ2v) is 4.46. The maximum absolute atomic E-state index is 11.9. The fourth-order valence-electron chi connectivity index (χ4n) is 1.49. The quantitative estimate of drug-likeness (QED) is 0.912. The number of hydrogen-bond donors (Lipinski definition) is 1. The van der Waals surface area contributed by atoms with Gasteiger partial charge in [0, 0.05) is 10.6 Å². The lowest BCUT2D eigenvalue weighted by molar-refractivity contribution is 0.102. The minimum absolute atomic E-state index is 0.195. The van der Waals surface area contributed by atoms with Gasteiger partial charge in [-0.25, -0.2) is 0 Å². The van der Waals surface area contributed by atoms with Crippen molar-refractivity contribution in [3.05, 3.63) is 34.9 Å². The van der Waals surface area contributed by atoms with E-state index in [1.165, 1.54) is 4.80 Å². The Labute approximate surface area is 115 Å². The smallest absolute Gasteiger partial charge is 0.270 e. The van der Waals surface area contributed by atoms with E-state index in [2.05, 4.69) is 27.7 Å². The molecule has 0 fully saturated rings. The molecule has 6 nitrogen and oxygen atoms in total. The number of rotatable bonds is 5. The second kappa shape index (κ2) is 6.29. The van der Waals surface area contributed by atoms with Crippen molar-refractivity contribution < 1.29 is 4.79 Å². The van der Waals surface area contributed by atoms with E-state index in [4.69, 9.17) is 11.6 Å². The van der Waals surface area contributed by atoms with Crippen LogP contribution in [-0.2, 0) is 6.54 Å². The summed E-state index contributed by atoms with van der Waals surface area (Å²) in [6.45, 7) is 2.77. The van der Waals surface area contributed by atoms with Crippen LogP contribution in [0.5, 0.6) is 0 Å². The van der Waals surface area contributed by atoms with Gasteiger partial charge in [-0.05, 0) is 29.8 Å². The summed E-state index contributed by atoms with van der Waals surface area (Å²) in [6, 6.07) is 6.67. The average molecular weight is 280 g/mol. The topological polar surface area (TPSA) is 72.7 Å². The molecule has 19 heavy (non-hydrogen) atoms. The highest BCUT2D eigenvalue weighted by atomic mass is 35.5. The largest absolute Gasteiger partial charge is 0.288 e. The van der Waals surface area contributed by atoms with Crippen LogP contribution in [0.1, 0.15) is 30.1 Å². The Morgan fingerprint density at radius 2 is 2.32 bits per heavy atom. The fraction of sp³-hybridized carbons (Fsp3) is 0.333. The zero-order valence-electron chi connectivity index (χ0n) is 10.5. The summed E-state index contributed by atoms with van der Waals surface area (Å²) in [6.07, 6.45) is 2.02. The molecular formula is C12H14ClN5O. The molecule has 2 aromatic rings. The van der Waals surface area contributed by atoms with Crippen molar-refractivity contribution in [2.45, 2.75) is 26.3 Å². The van der Waals surface area contributed by atoms with Gasteiger partial charge in [0.25, 0.3) is 11.9 Å². The summed E-state index contributed by atoms with van der Waals surface area (Å²) >= 11 is 5.83. The van der Waals surface area contributed by atoms with Gasteiger partial charge in [-0.1, -0.05) is 36.1 Å². The first-order valence-electron chi connectivity index (χ1n) is 6.04. The molecule has 1 N–H and O–H groups in total. The van der Waals surface area contributed by atoms with Gasteiger partial charge in [-0.15, -0.1) is 5.10 Å². The Morgan fingerprint density at radius 3 is 3.05 bits per heavy atom. The third-order valence-electron chi connectivity index (χ3n) is 2.48. The first-order valence-corrected chi connectivity index (χ1v) is 6.41. The van der Waals surface area contributed by atoms with Gasteiger partial charge in [0.1, 0.15) is 0 Å². The lowest BCUT2D eigenvalue weighted by atomic mass is 10.2. The molecule has 7 heteroatoms. The minimum atomic E-state index is -0.308. The van der Waals surface area contributed by atoms with Crippen LogP contribution in [0.4, 0.5) is 5.95 Å². The van der Waals surface area contributed by atoms with E-state index < -0.39 is 0 Å². The van der Waals surface area contributed by atoms with Crippen LogP contribution in [-0.4, -0.2) is 26.1 Å². The van der Waals surface area contributed by atoms with Gasteiger partial charge in [0.15, 0.2) is 0 Å². The van der Waals surface area contributed by atoms with Crippen molar-refractivity contribution in [2.24, 2.45) is 0 Å². The molecule has 100 valence electrons. The Bertz CT molecular complexity index is 569. The van der Waals surface area contributed by atoms with Gasteiger partial charge >= 0.3 is 0 Å². The summed E-state index contributed by atoms with van der Waals surface area (Å²) in [5.41, 5.74) is 0.456. The number of tetrazole rings is 1. The summed E-state index contributed by atoms with van der Waals surface area (Å²) in [4.78, 5) is 13.4. The number of nitrogens with one attached hydrogen (secondary N) is 1. The molecule has 0 spiro atoms. The highest BCUT2D eigenvalue weighted by Gasteiger charge is 2.10. The van der Waals surface area contributed by atoms with Crippen molar-refractivity contribution >= 4 is 23.5 Å². The summed E-state index contributed by atoms with van der Waals surface area (Å²) in [5.74, 6) is -0.112. The van der Waals surface area contributed by atoms with Gasteiger partial charge < -0.3 is 0 Å². The monoisotopic (exact) mass is 279 g/mol. The van der Waals surface area contributed by atoms with E-state index in [1.807, 2.05) is 0 Å². The van der Waals surface area contributed by atoms with Crippen molar-refractivity contribution in [1.29, 1.82) is 0 Å². The third-order valence-corrected chi connectivity index (χ3v) is 2.71. The number of unbranched alkanes of at least 4 members (excludes halogenated alkanes) is 1. The maximum Gasteiger partial charge on any atom is 0.270 e. The van der Waals surface area contributed by atoms with Crippen LogP contribution >= 0.6 is 11.6 Å². The number of amides is 1. The van der Waals surface area contributed by atoms with Gasteiger partial charge in [0.05, 0.1) is 6.54 Å². The Kier molecular flexibility index (Phi) is 4.46. The van der Waals surface area contributed by atoms with Crippen molar-refractivity contribution in [2.75, 3.05) is 5.32 Å². The van der Waals surface area contributed by atoms with E-state index in [0.29, 0.717) is 17.1 Å². The summed E-state index contributed by atoms with van der Waals surface area (Å²) in [5, 5.41) is 14.8. The molecule has 0 aliphatic rings. The average Bonchev–Trinajstić information content (AvgIpc) is 2.84. The van der Waals surface area contributed by atoms with E-state index in [1.54, 1.807) is 24.3 Å². The third kappa shape index (κ3) is 3.75. The number of halogens is 1. The molecule has 0 saturated carbocycles. The molecule has 0 atom stereocenters. The SMILES string of the molecule is CCCCn1nnc(NC(=O)c2cccc(Cl)c2)n1. The normalized spacial score (nSPS) is 10.4. The maximum atomic E-state index is 11.9. The highest BCUT2D eigenvalue weighted by Crippen LogP contribution is 2.11. The van der Waals surface area contributed by atoms with Gasteiger partial charge in [0.2, 0.25) is 0 Å². The number of aromatic nitrogens is 4.